The van der Waals surface area contributed by atoms with Crippen molar-refractivity contribution in [3.63, 3.8) is 0 Å². The van der Waals surface area contributed by atoms with Gasteiger partial charge in [0.15, 0.2) is 0 Å². The number of nitrogens with zero attached hydrogens (tertiary/aromatic N) is 1. The Morgan fingerprint density at radius 3 is 2.65 bits per heavy atom. The van der Waals surface area contributed by atoms with Crippen LogP contribution in [0.25, 0.3) is 0 Å². The SMILES string of the molecule is CC1(C)CN(CCOC(F)(F)F)CC(CO)O1. The predicted molar refractivity (Wildman–Crippen MR) is 54.5 cm³/mol. The van der Waals surface area contributed by atoms with E-state index in [1.54, 1.807) is 4.90 Å². The summed E-state index contributed by atoms with van der Waals surface area (Å²) in [5.74, 6) is 0. The molecule has 1 rings (SSSR count). The fourth-order valence-electron chi connectivity index (χ4n) is 1.97. The monoisotopic (exact) mass is 257 g/mol. The van der Waals surface area contributed by atoms with Gasteiger partial charge in [-0.15, -0.1) is 13.2 Å². The van der Waals surface area contributed by atoms with Crippen LogP contribution in [-0.4, -0.2) is 60.9 Å². The Morgan fingerprint density at radius 2 is 2.12 bits per heavy atom. The highest BCUT2D eigenvalue weighted by molar-refractivity contribution is 4.83. The maximum atomic E-state index is 11.8. The van der Waals surface area contributed by atoms with E-state index in [1.165, 1.54) is 0 Å². The van der Waals surface area contributed by atoms with Crippen LogP contribution < -0.4 is 0 Å². The van der Waals surface area contributed by atoms with E-state index < -0.39 is 18.6 Å². The molecule has 1 aliphatic heterocycles. The standard InChI is InChI=1S/C10H18F3NO3/c1-9(2)7-14(5-8(6-15)17-9)3-4-16-10(11,12)13/h8,15H,3-7H2,1-2H3. The first-order valence-corrected chi connectivity index (χ1v) is 5.43. The number of aliphatic hydroxyl groups is 1. The summed E-state index contributed by atoms with van der Waals surface area (Å²) in [4.78, 5) is 1.80. The molecule has 1 N–H and O–H groups in total. The third kappa shape index (κ3) is 5.67. The second-order valence-corrected chi connectivity index (χ2v) is 4.71. The molecule has 7 heteroatoms. The van der Waals surface area contributed by atoms with Crippen molar-refractivity contribution in [1.82, 2.24) is 4.90 Å². The van der Waals surface area contributed by atoms with E-state index in [0.717, 1.165) is 0 Å². The highest BCUT2D eigenvalue weighted by Crippen LogP contribution is 2.21. The highest BCUT2D eigenvalue weighted by Gasteiger charge is 2.34. The molecular formula is C10H18F3NO3. The van der Waals surface area contributed by atoms with Crippen molar-refractivity contribution in [2.45, 2.75) is 31.9 Å². The predicted octanol–water partition coefficient (Wildman–Crippen LogP) is 0.994. The Morgan fingerprint density at radius 1 is 1.47 bits per heavy atom. The highest BCUT2D eigenvalue weighted by atomic mass is 19.4. The zero-order chi connectivity index (χ0) is 13.1. The number of ether oxygens (including phenoxy) is 2. The largest absolute Gasteiger partial charge is 0.522 e. The Bertz CT molecular complexity index is 245. The van der Waals surface area contributed by atoms with Crippen LogP contribution in [0.3, 0.4) is 0 Å². The molecule has 1 fully saturated rings. The molecule has 4 nitrogen and oxygen atoms in total. The van der Waals surface area contributed by atoms with Gasteiger partial charge in [-0.3, -0.25) is 9.64 Å². The number of alkyl halides is 3. The van der Waals surface area contributed by atoms with Crippen molar-refractivity contribution in [1.29, 1.82) is 0 Å². The molecule has 1 saturated heterocycles. The Kier molecular flexibility index (Phi) is 4.77. The van der Waals surface area contributed by atoms with Crippen molar-refractivity contribution in [2.75, 3.05) is 32.8 Å². The van der Waals surface area contributed by atoms with Gasteiger partial charge in [0.25, 0.3) is 0 Å². The van der Waals surface area contributed by atoms with E-state index in [9.17, 15) is 13.2 Å². The average molecular weight is 257 g/mol. The smallest absolute Gasteiger partial charge is 0.394 e. The minimum absolute atomic E-state index is 0.139. The molecule has 0 radical (unpaired) electrons. The van der Waals surface area contributed by atoms with Gasteiger partial charge in [0, 0.05) is 19.6 Å². The van der Waals surface area contributed by atoms with Gasteiger partial charge >= 0.3 is 6.36 Å². The normalized spacial score (nSPS) is 26.1. The summed E-state index contributed by atoms with van der Waals surface area (Å²) in [6.45, 7) is 4.24. The molecule has 0 amide bonds. The molecule has 0 spiro atoms. The number of halogens is 3. The molecule has 1 atom stereocenters. The van der Waals surface area contributed by atoms with Gasteiger partial charge in [-0.25, -0.2) is 0 Å². The number of aliphatic hydroxyl groups excluding tert-OH is 1. The average Bonchev–Trinajstić information content (AvgIpc) is 2.13. The lowest BCUT2D eigenvalue weighted by atomic mass is 10.1. The Hall–Kier alpha value is -0.370. The summed E-state index contributed by atoms with van der Waals surface area (Å²) in [6.07, 6.45) is -4.94. The van der Waals surface area contributed by atoms with Crippen molar-refractivity contribution in [3.05, 3.63) is 0 Å². The molecule has 1 aliphatic rings. The zero-order valence-corrected chi connectivity index (χ0v) is 9.96. The van der Waals surface area contributed by atoms with E-state index in [0.29, 0.717) is 13.1 Å². The number of rotatable bonds is 4. The quantitative estimate of drug-likeness (QED) is 0.815. The van der Waals surface area contributed by atoms with Gasteiger partial charge in [-0.2, -0.15) is 0 Å². The number of morpholine rings is 1. The van der Waals surface area contributed by atoms with E-state index in [1.807, 2.05) is 13.8 Å². The van der Waals surface area contributed by atoms with E-state index in [-0.39, 0.29) is 19.3 Å². The van der Waals surface area contributed by atoms with Gasteiger partial charge in [0.2, 0.25) is 0 Å². The van der Waals surface area contributed by atoms with Crippen LogP contribution in [0.2, 0.25) is 0 Å². The summed E-state index contributed by atoms with van der Waals surface area (Å²) < 4.78 is 44.7. The minimum Gasteiger partial charge on any atom is -0.394 e. The van der Waals surface area contributed by atoms with E-state index >= 15 is 0 Å². The first-order chi connectivity index (χ1) is 7.72. The second-order valence-electron chi connectivity index (χ2n) is 4.71. The van der Waals surface area contributed by atoms with E-state index in [2.05, 4.69) is 4.74 Å². The molecule has 0 bridgehead atoms. The lowest BCUT2D eigenvalue weighted by Crippen LogP contribution is -2.54. The molecule has 102 valence electrons. The van der Waals surface area contributed by atoms with Gasteiger partial charge in [0.1, 0.15) is 0 Å². The number of hydrogen-bond acceptors (Lipinski definition) is 4. The van der Waals surface area contributed by atoms with Crippen LogP contribution in [0.15, 0.2) is 0 Å². The van der Waals surface area contributed by atoms with Crippen molar-refractivity contribution < 1.29 is 27.8 Å². The Balaban J connectivity index is 2.37. The first-order valence-electron chi connectivity index (χ1n) is 5.43. The first kappa shape index (κ1) is 14.7. The topological polar surface area (TPSA) is 41.9 Å². The third-order valence-electron chi connectivity index (χ3n) is 2.43. The maximum Gasteiger partial charge on any atom is 0.522 e. The summed E-state index contributed by atoms with van der Waals surface area (Å²) in [7, 11) is 0. The maximum absolute atomic E-state index is 11.8. The Labute approximate surface area is 98.3 Å². The molecular weight excluding hydrogens is 239 g/mol. The molecule has 1 unspecified atom stereocenters. The molecule has 0 aliphatic carbocycles. The van der Waals surface area contributed by atoms with Gasteiger partial charge in [-0.05, 0) is 13.8 Å². The molecule has 17 heavy (non-hydrogen) atoms. The molecule has 0 aromatic heterocycles. The second kappa shape index (κ2) is 5.51. The summed E-state index contributed by atoms with van der Waals surface area (Å²) in [5.41, 5.74) is -0.468. The van der Waals surface area contributed by atoms with Crippen LogP contribution >= 0.6 is 0 Å². The van der Waals surface area contributed by atoms with Gasteiger partial charge < -0.3 is 9.84 Å². The van der Waals surface area contributed by atoms with Crippen LogP contribution in [0, 0.1) is 0 Å². The summed E-state index contributed by atoms with van der Waals surface area (Å²) >= 11 is 0. The van der Waals surface area contributed by atoms with Gasteiger partial charge in [0.05, 0.1) is 24.9 Å². The molecule has 0 saturated carbocycles. The molecule has 1 heterocycles. The fraction of sp³-hybridized carbons (Fsp3) is 1.00. The minimum atomic E-state index is -4.59. The van der Waals surface area contributed by atoms with Crippen molar-refractivity contribution >= 4 is 0 Å². The molecule has 0 aromatic carbocycles. The van der Waals surface area contributed by atoms with Crippen molar-refractivity contribution in [3.8, 4) is 0 Å². The van der Waals surface area contributed by atoms with Gasteiger partial charge in [-0.1, -0.05) is 0 Å². The number of hydrogen-bond donors (Lipinski definition) is 1. The van der Waals surface area contributed by atoms with Crippen LogP contribution in [0.1, 0.15) is 13.8 Å². The zero-order valence-electron chi connectivity index (χ0n) is 9.96. The van der Waals surface area contributed by atoms with Crippen molar-refractivity contribution in [2.24, 2.45) is 0 Å². The third-order valence-corrected chi connectivity index (χ3v) is 2.43. The summed E-state index contributed by atoms with van der Waals surface area (Å²) in [6, 6.07) is 0. The fourth-order valence-corrected chi connectivity index (χ4v) is 1.97. The van der Waals surface area contributed by atoms with E-state index in [4.69, 9.17) is 9.84 Å². The summed E-state index contributed by atoms with van der Waals surface area (Å²) in [5, 5.41) is 9.03. The van der Waals surface area contributed by atoms with Crippen LogP contribution in [-0.2, 0) is 9.47 Å². The lowest BCUT2D eigenvalue weighted by molar-refractivity contribution is -0.325. The van der Waals surface area contributed by atoms with Crippen LogP contribution in [0.5, 0.6) is 0 Å². The lowest BCUT2D eigenvalue weighted by Gasteiger charge is -2.42. The molecule has 0 aromatic rings. The van der Waals surface area contributed by atoms with Crippen LogP contribution in [0.4, 0.5) is 13.2 Å².